The number of hydrogen-bond donors (Lipinski definition) is 3. The summed E-state index contributed by atoms with van der Waals surface area (Å²) >= 11 is 0. The van der Waals surface area contributed by atoms with Crippen molar-refractivity contribution in [3.8, 4) is 0 Å². The van der Waals surface area contributed by atoms with Gasteiger partial charge in [-0.05, 0) is 48.2 Å². The molecule has 0 fully saturated rings. The average Bonchev–Trinajstić information content (AvgIpc) is 2.42. The van der Waals surface area contributed by atoms with Crippen molar-refractivity contribution in [3.63, 3.8) is 0 Å². The van der Waals surface area contributed by atoms with Crippen LogP contribution in [0, 0.1) is 5.92 Å². The quantitative estimate of drug-likeness (QED) is 0.727. The maximum atomic E-state index is 11.4. The number of nitrogen functional groups attached to an aromatic ring is 2. The molecule has 104 valence electrons. The predicted molar refractivity (Wildman–Crippen MR) is 80.2 cm³/mol. The molecule has 0 saturated heterocycles. The fraction of sp³-hybridized carbons (Fsp3) is 0.188. The topological polar surface area (TPSA) is 89.3 Å². The molecule has 20 heavy (non-hydrogen) atoms. The lowest BCUT2D eigenvalue weighted by molar-refractivity contribution is -0.141. The molecule has 0 amide bonds. The van der Waals surface area contributed by atoms with E-state index in [9.17, 15) is 9.90 Å². The molecule has 2 aromatic rings. The van der Waals surface area contributed by atoms with Crippen LogP contribution in [-0.4, -0.2) is 11.1 Å². The van der Waals surface area contributed by atoms with Gasteiger partial charge in [0.15, 0.2) is 0 Å². The molecule has 0 unspecified atom stereocenters. The molecule has 0 radical (unpaired) electrons. The van der Waals surface area contributed by atoms with Gasteiger partial charge < -0.3 is 16.6 Å². The number of aliphatic carboxylic acids is 1. The van der Waals surface area contributed by atoms with Gasteiger partial charge in [0.25, 0.3) is 0 Å². The van der Waals surface area contributed by atoms with Gasteiger partial charge in [0.1, 0.15) is 0 Å². The lowest BCUT2D eigenvalue weighted by Gasteiger charge is -2.13. The van der Waals surface area contributed by atoms with E-state index in [1.165, 1.54) is 0 Å². The fourth-order valence-corrected chi connectivity index (χ4v) is 2.12. The molecule has 0 spiro atoms. The Kier molecular flexibility index (Phi) is 4.25. The number of benzene rings is 2. The first kappa shape index (κ1) is 13.9. The lowest BCUT2D eigenvalue weighted by Crippen LogP contribution is -2.19. The molecule has 0 heterocycles. The number of carboxylic acids is 1. The van der Waals surface area contributed by atoms with Crippen molar-refractivity contribution >= 4 is 17.3 Å². The minimum Gasteiger partial charge on any atom is -0.481 e. The van der Waals surface area contributed by atoms with E-state index < -0.39 is 11.9 Å². The summed E-state index contributed by atoms with van der Waals surface area (Å²) in [6.45, 7) is 0. The van der Waals surface area contributed by atoms with Crippen molar-refractivity contribution in [1.29, 1.82) is 0 Å². The van der Waals surface area contributed by atoms with Gasteiger partial charge in [-0.1, -0.05) is 24.3 Å². The first-order chi connectivity index (χ1) is 9.54. The Labute approximate surface area is 118 Å². The zero-order chi connectivity index (χ0) is 14.5. The third-order valence-corrected chi connectivity index (χ3v) is 3.27. The Morgan fingerprint density at radius 3 is 1.50 bits per heavy atom. The molecule has 4 nitrogen and oxygen atoms in total. The van der Waals surface area contributed by atoms with Crippen LogP contribution < -0.4 is 11.5 Å². The molecule has 2 rings (SSSR count). The maximum absolute atomic E-state index is 11.4. The van der Waals surface area contributed by atoms with E-state index in [-0.39, 0.29) is 0 Å². The number of carbonyl (C=O) groups is 1. The summed E-state index contributed by atoms with van der Waals surface area (Å²) in [6.07, 6.45) is 0.972. The van der Waals surface area contributed by atoms with E-state index in [0.717, 1.165) is 11.1 Å². The molecule has 0 aliphatic rings. The second kappa shape index (κ2) is 6.10. The molecule has 0 aliphatic carbocycles. The maximum Gasteiger partial charge on any atom is 0.307 e. The highest BCUT2D eigenvalue weighted by Crippen LogP contribution is 2.17. The minimum atomic E-state index is -0.793. The zero-order valence-electron chi connectivity index (χ0n) is 11.1. The monoisotopic (exact) mass is 270 g/mol. The summed E-state index contributed by atoms with van der Waals surface area (Å²) in [5, 5.41) is 9.36. The number of anilines is 2. The molecule has 0 saturated carbocycles. The Balaban J connectivity index is 2.09. The van der Waals surface area contributed by atoms with Gasteiger partial charge in [-0.15, -0.1) is 0 Å². The fourth-order valence-electron chi connectivity index (χ4n) is 2.12. The van der Waals surface area contributed by atoms with E-state index in [4.69, 9.17) is 11.5 Å². The Hall–Kier alpha value is -2.49. The Morgan fingerprint density at radius 1 is 0.850 bits per heavy atom. The van der Waals surface area contributed by atoms with Crippen LogP contribution in [-0.2, 0) is 17.6 Å². The van der Waals surface area contributed by atoms with Crippen LogP contribution >= 0.6 is 0 Å². The number of carboxylic acid groups (broad SMARTS) is 1. The molecular weight excluding hydrogens is 252 g/mol. The number of hydrogen-bond acceptors (Lipinski definition) is 3. The molecule has 0 bridgehead atoms. The van der Waals surface area contributed by atoms with E-state index in [1.807, 2.05) is 24.3 Å². The van der Waals surface area contributed by atoms with Crippen molar-refractivity contribution in [3.05, 3.63) is 59.7 Å². The molecule has 0 aliphatic heterocycles. The third-order valence-electron chi connectivity index (χ3n) is 3.27. The summed E-state index contributed by atoms with van der Waals surface area (Å²) in [5.74, 6) is -1.25. The number of rotatable bonds is 5. The van der Waals surface area contributed by atoms with Gasteiger partial charge in [0.2, 0.25) is 0 Å². The summed E-state index contributed by atoms with van der Waals surface area (Å²) < 4.78 is 0. The van der Waals surface area contributed by atoms with Crippen LogP contribution in [0.2, 0.25) is 0 Å². The Morgan fingerprint density at radius 2 is 1.20 bits per heavy atom. The van der Waals surface area contributed by atoms with Crippen LogP contribution in [0.25, 0.3) is 0 Å². The second-order valence-corrected chi connectivity index (χ2v) is 4.93. The molecule has 5 N–H and O–H groups in total. The van der Waals surface area contributed by atoms with Crippen LogP contribution in [0.15, 0.2) is 48.5 Å². The molecule has 0 atom stereocenters. The minimum absolute atomic E-state index is 0.456. The highest BCUT2D eigenvalue weighted by atomic mass is 16.4. The van der Waals surface area contributed by atoms with Crippen LogP contribution in [0.3, 0.4) is 0 Å². The van der Waals surface area contributed by atoms with Crippen molar-refractivity contribution in [2.75, 3.05) is 11.5 Å². The first-order valence-corrected chi connectivity index (χ1v) is 6.46. The van der Waals surface area contributed by atoms with Gasteiger partial charge in [-0.3, -0.25) is 4.79 Å². The lowest BCUT2D eigenvalue weighted by atomic mass is 9.92. The molecular formula is C16H18N2O2. The van der Waals surface area contributed by atoms with Crippen LogP contribution in [0.4, 0.5) is 11.4 Å². The normalized spacial score (nSPS) is 10.7. The van der Waals surface area contributed by atoms with Crippen molar-refractivity contribution < 1.29 is 9.90 Å². The van der Waals surface area contributed by atoms with Crippen LogP contribution in [0.1, 0.15) is 11.1 Å². The second-order valence-electron chi connectivity index (χ2n) is 4.93. The highest BCUT2D eigenvalue weighted by molar-refractivity contribution is 5.71. The van der Waals surface area contributed by atoms with E-state index >= 15 is 0 Å². The van der Waals surface area contributed by atoms with Gasteiger partial charge in [-0.25, -0.2) is 0 Å². The SMILES string of the molecule is Nc1ccc(CC(Cc2ccc(N)cc2)C(=O)O)cc1. The summed E-state index contributed by atoms with van der Waals surface area (Å²) in [5.41, 5.74) is 14.6. The van der Waals surface area contributed by atoms with Gasteiger partial charge in [0.05, 0.1) is 5.92 Å². The largest absolute Gasteiger partial charge is 0.481 e. The highest BCUT2D eigenvalue weighted by Gasteiger charge is 2.18. The van der Waals surface area contributed by atoms with E-state index in [2.05, 4.69) is 0 Å². The summed E-state index contributed by atoms with van der Waals surface area (Å²) in [4.78, 5) is 11.4. The zero-order valence-corrected chi connectivity index (χ0v) is 11.1. The smallest absolute Gasteiger partial charge is 0.307 e. The Bertz CT molecular complexity index is 529. The summed E-state index contributed by atoms with van der Waals surface area (Å²) in [7, 11) is 0. The summed E-state index contributed by atoms with van der Waals surface area (Å²) in [6, 6.07) is 14.6. The van der Waals surface area contributed by atoms with Gasteiger partial charge in [0, 0.05) is 11.4 Å². The van der Waals surface area contributed by atoms with E-state index in [0.29, 0.717) is 24.2 Å². The van der Waals surface area contributed by atoms with Crippen molar-refractivity contribution in [2.45, 2.75) is 12.8 Å². The average molecular weight is 270 g/mol. The molecule has 2 aromatic carbocycles. The molecule has 0 aromatic heterocycles. The predicted octanol–water partition coefficient (Wildman–Crippen LogP) is 2.34. The third kappa shape index (κ3) is 3.75. The van der Waals surface area contributed by atoms with Crippen LogP contribution in [0.5, 0.6) is 0 Å². The van der Waals surface area contributed by atoms with Crippen molar-refractivity contribution in [1.82, 2.24) is 0 Å². The van der Waals surface area contributed by atoms with Gasteiger partial charge in [-0.2, -0.15) is 0 Å². The molecule has 4 heteroatoms. The van der Waals surface area contributed by atoms with E-state index in [1.54, 1.807) is 24.3 Å². The van der Waals surface area contributed by atoms with Crippen molar-refractivity contribution in [2.24, 2.45) is 5.92 Å². The van der Waals surface area contributed by atoms with Gasteiger partial charge >= 0.3 is 5.97 Å². The number of nitrogens with two attached hydrogens (primary N) is 2. The standard InChI is InChI=1S/C16H18N2O2/c17-14-5-1-11(2-6-14)9-13(16(19)20)10-12-3-7-15(18)8-4-12/h1-8,13H,9-10,17-18H2,(H,19,20). The first-order valence-electron chi connectivity index (χ1n) is 6.46.